The lowest BCUT2D eigenvalue weighted by Crippen LogP contribution is -2.42. The fraction of sp³-hybridized carbons (Fsp3) is 0.438. The quantitative estimate of drug-likeness (QED) is 0.911. The van der Waals surface area contributed by atoms with Crippen LogP contribution < -0.4 is 10.6 Å². The maximum Gasteiger partial charge on any atom is 0.222 e. The summed E-state index contributed by atoms with van der Waals surface area (Å²) in [7, 11) is 0. The Balaban J connectivity index is 1.80. The summed E-state index contributed by atoms with van der Waals surface area (Å²) in [6.07, 6.45) is 6.14. The van der Waals surface area contributed by atoms with Crippen LogP contribution in [0.1, 0.15) is 29.0 Å². The topological polar surface area (TPSA) is 77.2 Å². The van der Waals surface area contributed by atoms with Gasteiger partial charge in [-0.2, -0.15) is 4.98 Å². The first-order chi connectivity index (χ1) is 11.2. The first-order valence-corrected chi connectivity index (χ1v) is 8.68. The standard InChI is InChI=1S/C16H19N5OS/c1-10-13-6-11(14-7-18-9-23-14)8-21(12-2-4-22-5-3-12)15(13)20-16(17)19-10/h6-7,9,12H,2-5,8H2,1H3,(H2,17,19,20). The Bertz CT molecular complexity index is 737. The highest BCUT2D eigenvalue weighted by atomic mass is 32.1. The van der Waals surface area contributed by atoms with Crippen LogP contribution in [0.3, 0.4) is 0 Å². The first kappa shape index (κ1) is 14.6. The van der Waals surface area contributed by atoms with E-state index in [1.807, 2.05) is 18.6 Å². The molecule has 0 bridgehead atoms. The van der Waals surface area contributed by atoms with E-state index in [1.165, 1.54) is 10.5 Å². The summed E-state index contributed by atoms with van der Waals surface area (Å²) >= 11 is 1.67. The third-order valence-corrected chi connectivity index (χ3v) is 5.29. The number of nitrogens with two attached hydrogens (primary N) is 1. The summed E-state index contributed by atoms with van der Waals surface area (Å²) < 4.78 is 5.52. The second kappa shape index (κ2) is 5.90. The minimum absolute atomic E-state index is 0.341. The highest BCUT2D eigenvalue weighted by Crippen LogP contribution is 2.36. The van der Waals surface area contributed by atoms with E-state index in [9.17, 15) is 0 Å². The monoisotopic (exact) mass is 329 g/mol. The molecule has 6 nitrogen and oxygen atoms in total. The lowest BCUT2D eigenvalue weighted by atomic mass is 9.99. The molecular formula is C16H19N5OS. The Morgan fingerprint density at radius 3 is 2.87 bits per heavy atom. The second-order valence-electron chi connectivity index (χ2n) is 5.91. The number of rotatable bonds is 2. The summed E-state index contributed by atoms with van der Waals surface area (Å²) in [5.74, 6) is 1.29. The van der Waals surface area contributed by atoms with Crippen LogP contribution >= 0.6 is 11.3 Å². The molecule has 1 saturated heterocycles. The molecule has 2 N–H and O–H groups in total. The smallest absolute Gasteiger partial charge is 0.222 e. The van der Waals surface area contributed by atoms with Gasteiger partial charge in [0.25, 0.3) is 0 Å². The van der Waals surface area contributed by atoms with Gasteiger partial charge in [-0.3, -0.25) is 4.98 Å². The number of aromatic nitrogens is 3. The molecule has 0 saturated carbocycles. The molecule has 0 aromatic carbocycles. The predicted molar refractivity (Wildman–Crippen MR) is 92.4 cm³/mol. The van der Waals surface area contributed by atoms with Crippen LogP contribution in [0.25, 0.3) is 11.6 Å². The fourth-order valence-corrected chi connectivity index (χ4v) is 3.91. The number of hydrogen-bond acceptors (Lipinski definition) is 7. The maximum atomic E-state index is 5.90. The number of ether oxygens (including phenoxy) is 1. The zero-order valence-electron chi connectivity index (χ0n) is 13.0. The van der Waals surface area contributed by atoms with Crippen molar-refractivity contribution in [1.29, 1.82) is 0 Å². The van der Waals surface area contributed by atoms with E-state index in [2.05, 4.69) is 25.9 Å². The zero-order chi connectivity index (χ0) is 15.8. The Labute approximate surface area is 139 Å². The maximum absolute atomic E-state index is 5.90. The highest BCUT2D eigenvalue weighted by molar-refractivity contribution is 7.10. The lowest BCUT2D eigenvalue weighted by Gasteiger charge is -2.38. The highest BCUT2D eigenvalue weighted by Gasteiger charge is 2.30. The van der Waals surface area contributed by atoms with E-state index in [1.54, 1.807) is 11.3 Å². The van der Waals surface area contributed by atoms with E-state index in [4.69, 9.17) is 10.5 Å². The van der Waals surface area contributed by atoms with Crippen molar-refractivity contribution in [3.05, 3.63) is 27.8 Å². The predicted octanol–water partition coefficient (Wildman–Crippen LogP) is 2.36. The van der Waals surface area contributed by atoms with Gasteiger partial charge in [0.15, 0.2) is 0 Å². The number of thiazole rings is 1. The van der Waals surface area contributed by atoms with Crippen molar-refractivity contribution in [1.82, 2.24) is 15.0 Å². The molecule has 23 heavy (non-hydrogen) atoms. The second-order valence-corrected chi connectivity index (χ2v) is 6.80. The molecule has 1 fully saturated rings. The summed E-state index contributed by atoms with van der Waals surface area (Å²) in [4.78, 5) is 16.7. The average Bonchev–Trinajstić information content (AvgIpc) is 3.09. The molecule has 4 rings (SSSR count). The van der Waals surface area contributed by atoms with Crippen molar-refractivity contribution in [3.8, 4) is 0 Å². The van der Waals surface area contributed by atoms with Crippen LogP contribution in [0.2, 0.25) is 0 Å². The SMILES string of the molecule is Cc1nc(N)nc2c1C=C(c1cncs1)CN2C1CCOCC1. The van der Waals surface area contributed by atoms with Gasteiger partial charge in [-0.15, -0.1) is 11.3 Å². The minimum Gasteiger partial charge on any atom is -0.381 e. The zero-order valence-corrected chi connectivity index (χ0v) is 13.8. The Morgan fingerprint density at radius 1 is 1.30 bits per heavy atom. The molecule has 2 aliphatic rings. The number of aryl methyl sites for hydroxylation is 1. The van der Waals surface area contributed by atoms with Crippen molar-refractivity contribution >= 4 is 34.8 Å². The van der Waals surface area contributed by atoms with E-state index < -0.39 is 0 Å². The molecule has 0 spiro atoms. The van der Waals surface area contributed by atoms with Crippen molar-refractivity contribution in [2.75, 3.05) is 30.4 Å². The van der Waals surface area contributed by atoms with Crippen molar-refractivity contribution in [3.63, 3.8) is 0 Å². The molecule has 7 heteroatoms. The third-order valence-electron chi connectivity index (χ3n) is 4.45. The Hall–Kier alpha value is -1.99. The molecule has 0 atom stereocenters. The third kappa shape index (κ3) is 2.70. The summed E-state index contributed by atoms with van der Waals surface area (Å²) in [5.41, 5.74) is 11.0. The number of nitrogen functional groups attached to an aromatic ring is 1. The molecule has 2 aliphatic heterocycles. The van der Waals surface area contributed by atoms with Crippen molar-refractivity contribution in [2.45, 2.75) is 25.8 Å². The van der Waals surface area contributed by atoms with Crippen LogP contribution in [0, 0.1) is 6.92 Å². The number of anilines is 2. The summed E-state index contributed by atoms with van der Waals surface area (Å²) in [6.45, 7) is 4.42. The van der Waals surface area contributed by atoms with E-state index in [0.717, 1.165) is 49.7 Å². The number of nitrogens with zero attached hydrogens (tertiary/aromatic N) is 4. The summed E-state index contributed by atoms with van der Waals surface area (Å²) in [5, 5.41) is 0. The van der Waals surface area contributed by atoms with Gasteiger partial charge in [-0.1, -0.05) is 0 Å². The minimum atomic E-state index is 0.341. The van der Waals surface area contributed by atoms with Crippen molar-refractivity contribution in [2.24, 2.45) is 0 Å². The van der Waals surface area contributed by atoms with Crippen LogP contribution in [-0.2, 0) is 4.74 Å². The van der Waals surface area contributed by atoms with Crippen LogP contribution in [-0.4, -0.2) is 40.8 Å². The molecule has 4 heterocycles. The number of fused-ring (bicyclic) bond motifs is 1. The lowest BCUT2D eigenvalue weighted by molar-refractivity contribution is 0.0848. The molecule has 120 valence electrons. The van der Waals surface area contributed by atoms with Gasteiger partial charge in [0.2, 0.25) is 5.95 Å². The van der Waals surface area contributed by atoms with E-state index in [-0.39, 0.29) is 0 Å². The molecular weight excluding hydrogens is 310 g/mol. The van der Waals surface area contributed by atoms with E-state index >= 15 is 0 Å². The molecule has 0 unspecified atom stereocenters. The molecule has 2 aromatic heterocycles. The van der Waals surface area contributed by atoms with Gasteiger partial charge < -0.3 is 15.4 Å². The van der Waals surface area contributed by atoms with Gasteiger partial charge in [-0.05, 0) is 31.4 Å². The fourth-order valence-electron chi connectivity index (χ4n) is 3.28. The molecule has 0 amide bonds. The Morgan fingerprint density at radius 2 is 2.13 bits per heavy atom. The largest absolute Gasteiger partial charge is 0.381 e. The van der Waals surface area contributed by atoms with Crippen LogP contribution in [0.15, 0.2) is 11.7 Å². The normalized spacial score (nSPS) is 18.7. The van der Waals surface area contributed by atoms with Gasteiger partial charge in [-0.25, -0.2) is 4.98 Å². The van der Waals surface area contributed by atoms with Crippen LogP contribution in [0.4, 0.5) is 11.8 Å². The molecule has 0 radical (unpaired) electrons. The van der Waals surface area contributed by atoms with Gasteiger partial charge in [0, 0.05) is 37.6 Å². The molecule has 0 aliphatic carbocycles. The Kier molecular flexibility index (Phi) is 3.74. The molecule has 2 aromatic rings. The number of hydrogen-bond donors (Lipinski definition) is 1. The van der Waals surface area contributed by atoms with Gasteiger partial charge in [0.05, 0.1) is 16.1 Å². The first-order valence-electron chi connectivity index (χ1n) is 7.80. The van der Waals surface area contributed by atoms with E-state index in [0.29, 0.717) is 12.0 Å². The average molecular weight is 329 g/mol. The summed E-state index contributed by atoms with van der Waals surface area (Å²) in [6, 6.07) is 0.424. The van der Waals surface area contributed by atoms with Gasteiger partial charge in [0.1, 0.15) is 5.82 Å². The van der Waals surface area contributed by atoms with Crippen molar-refractivity contribution < 1.29 is 4.74 Å². The van der Waals surface area contributed by atoms with Gasteiger partial charge >= 0.3 is 0 Å². The van der Waals surface area contributed by atoms with Crippen LogP contribution in [0.5, 0.6) is 0 Å².